The minimum Gasteiger partial charge on any atom is -0.481 e. The molecule has 1 saturated carbocycles. The fraction of sp³-hybridized carbons (Fsp3) is 0.625. The highest BCUT2D eigenvalue weighted by Gasteiger charge is 2.39. The van der Waals surface area contributed by atoms with Crippen LogP contribution in [0.5, 0.6) is 0 Å². The van der Waals surface area contributed by atoms with Crippen molar-refractivity contribution < 1.29 is 20.1 Å². The Morgan fingerprint density at radius 3 is 2.77 bits per heavy atom. The van der Waals surface area contributed by atoms with Crippen LogP contribution >= 0.6 is 27.3 Å². The largest absolute Gasteiger partial charge is 0.481 e. The lowest BCUT2D eigenvalue weighted by molar-refractivity contribution is -0.137. The number of aryl methyl sites for hydroxylation is 1. The Balaban J connectivity index is 1.93. The van der Waals surface area contributed by atoms with Crippen molar-refractivity contribution in [3.05, 3.63) is 44.6 Å². The quantitative estimate of drug-likeness (QED) is 0.194. The van der Waals surface area contributed by atoms with Gasteiger partial charge in [-0.25, -0.2) is 0 Å². The summed E-state index contributed by atoms with van der Waals surface area (Å²) in [4.78, 5) is 13.1. The van der Waals surface area contributed by atoms with Crippen molar-refractivity contribution in [3.8, 4) is 0 Å². The van der Waals surface area contributed by atoms with Crippen LogP contribution < -0.4 is 0 Å². The van der Waals surface area contributed by atoms with Crippen LogP contribution in [0.2, 0.25) is 6.32 Å². The molecular formula is C24H34BBrO4S. The van der Waals surface area contributed by atoms with Crippen LogP contribution in [0, 0.1) is 24.7 Å². The molecule has 1 fully saturated rings. The van der Waals surface area contributed by atoms with Crippen LogP contribution in [0.3, 0.4) is 0 Å². The lowest BCUT2D eigenvalue weighted by Gasteiger charge is -2.22. The third-order valence-corrected chi connectivity index (χ3v) is 8.60. The third-order valence-electron chi connectivity index (χ3n) is 6.23. The molecule has 170 valence electrons. The van der Waals surface area contributed by atoms with E-state index < -0.39 is 18.2 Å². The van der Waals surface area contributed by atoms with E-state index in [2.05, 4.69) is 41.9 Å². The monoisotopic (exact) mass is 508 g/mol. The normalized spacial score (nSPS) is 26.1. The van der Waals surface area contributed by atoms with Crippen molar-refractivity contribution in [2.75, 3.05) is 0 Å². The van der Waals surface area contributed by atoms with Crippen LogP contribution in [0.1, 0.15) is 61.1 Å². The molecule has 2 unspecified atom stereocenters. The molecule has 0 bridgehead atoms. The molecule has 1 aromatic rings. The lowest BCUT2D eigenvalue weighted by atomic mass is 9.79. The first-order chi connectivity index (χ1) is 14.7. The highest BCUT2D eigenvalue weighted by Crippen LogP contribution is 2.42. The molecule has 4 nitrogen and oxygen atoms in total. The molecule has 3 N–H and O–H groups in total. The highest BCUT2D eigenvalue weighted by atomic mass is 79.9. The zero-order valence-electron chi connectivity index (χ0n) is 18.4. The second kappa shape index (κ2) is 13.0. The average molecular weight is 509 g/mol. The first kappa shape index (κ1) is 26.4. The molecule has 0 aromatic carbocycles. The van der Waals surface area contributed by atoms with Gasteiger partial charge in [0.15, 0.2) is 0 Å². The molecule has 31 heavy (non-hydrogen) atoms. The van der Waals surface area contributed by atoms with Gasteiger partial charge in [-0.15, -0.1) is 11.3 Å². The maximum absolute atomic E-state index is 10.6. The molecule has 2 radical (unpaired) electrons. The van der Waals surface area contributed by atoms with Crippen LogP contribution in [-0.4, -0.2) is 41.3 Å². The van der Waals surface area contributed by atoms with Crippen molar-refractivity contribution >= 4 is 41.1 Å². The maximum Gasteiger partial charge on any atom is 0.303 e. The number of rotatable bonds is 12. The van der Waals surface area contributed by atoms with Gasteiger partial charge in [-0.3, -0.25) is 4.79 Å². The summed E-state index contributed by atoms with van der Waals surface area (Å²) in [6.07, 6.45) is 11.1. The molecule has 1 aliphatic carbocycles. The summed E-state index contributed by atoms with van der Waals surface area (Å²) >= 11 is 5.32. The Morgan fingerprint density at radius 1 is 1.42 bits per heavy atom. The number of hydrogen-bond acceptors (Lipinski definition) is 4. The van der Waals surface area contributed by atoms with E-state index in [9.17, 15) is 15.0 Å². The van der Waals surface area contributed by atoms with Crippen molar-refractivity contribution in [1.29, 1.82) is 0 Å². The number of carboxylic acid groups (broad SMARTS) is 1. The summed E-state index contributed by atoms with van der Waals surface area (Å²) in [6.45, 7) is 4.22. The van der Waals surface area contributed by atoms with Crippen molar-refractivity contribution in [3.63, 3.8) is 0 Å². The number of thiophene rings is 1. The number of allylic oxidation sites excluding steroid dienone is 3. The number of halogens is 1. The van der Waals surface area contributed by atoms with E-state index >= 15 is 0 Å². The van der Waals surface area contributed by atoms with Crippen LogP contribution in [-0.2, 0) is 4.79 Å². The Hall–Kier alpha value is -0.885. The number of aliphatic carboxylic acids is 1. The predicted molar refractivity (Wildman–Crippen MR) is 132 cm³/mol. The summed E-state index contributed by atoms with van der Waals surface area (Å²) in [5.74, 6) is -0.103. The number of carboxylic acids is 1. The number of hydrogen-bond donors (Lipinski definition) is 3. The number of carbonyl (C=O) groups is 1. The molecule has 0 spiro atoms. The van der Waals surface area contributed by atoms with E-state index in [1.165, 1.54) is 9.75 Å². The van der Waals surface area contributed by atoms with Gasteiger partial charge in [-0.2, -0.15) is 0 Å². The van der Waals surface area contributed by atoms with Gasteiger partial charge in [0, 0.05) is 20.6 Å². The maximum atomic E-state index is 10.6. The average Bonchev–Trinajstić information content (AvgIpc) is 3.21. The van der Waals surface area contributed by atoms with Gasteiger partial charge in [0.1, 0.15) is 0 Å². The first-order valence-corrected chi connectivity index (χ1v) is 12.7. The van der Waals surface area contributed by atoms with Crippen molar-refractivity contribution in [2.24, 2.45) is 17.8 Å². The Kier molecular flexibility index (Phi) is 11.0. The summed E-state index contributed by atoms with van der Waals surface area (Å²) in [6, 6.07) is 2.14. The molecule has 0 amide bonds. The second-order valence-electron chi connectivity index (χ2n) is 8.68. The number of unbranched alkanes of at least 4 members (excludes halogenated alkanes) is 1. The van der Waals surface area contributed by atoms with E-state index in [4.69, 9.17) is 13.0 Å². The van der Waals surface area contributed by atoms with E-state index in [1.54, 1.807) is 11.3 Å². The zero-order chi connectivity index (χ0) is 23.0. The predicted octanol–water partition coefficient (Wildman–Crippen LogP) is 5.63. The molecule has 6 atom stereocenters. The van der Waals surface area contributed by atoms with E-state index in [0.717, 1.165) is 17.3 Å². The van der Waals surface area contributed by atoms with Crippen LogP contribution in [0.25, 0.3) is 0 Å². The number of aliphatic hydroxyl groups is 2. The number of aliphatic hydroxyl groups excluding tert-OH is 2. The lowest BCUT2D eigenvalue weighted by Crippen LogP contribution is -2.19. The van der Waals surface area contributed by atoms with Crippen molar-refractivity contribution in [2.45, 2.75) is 76.8 Å². The Bertz CT molecular complexity index is 743. The molecule has 0 saturated heterocycles. The van der Waals surface area contributed by atoms with Gasteiger partial charge in [-0.05, 0) is 84.7 Å². The molecule has 2 rings (SSSR count). The molecule has 1 aromatic heterocycles. The standard InChI is InChI=1S/C24H34BBrO4S/c1-15(23-13-21(26)16(2)31-23)11-18(27)9-10-19-17(14-25)12-22(28)20(19)7-5-3-4-6-8-24(29)30/h3,5,9-10,13,15,17-20,22,27-28H,4,6-8,11-12,14H2,1-2H3,(H,29,30)/b5-3-,10-9+/t15?,17-,18+,19-,20+,22?/m0/s1. The fourth-order valence-electron chi connectivity index (χ4n) is 4.40. The highest BCUT2D eigenvalue weighted by molar-refractivity contribution is 9.10. The molecular weight excluding hydrogens is 475 g/mol. The zero-order valence-corrected chi connectivity index (χ0v) is 20.8. The minimum absolute atomic E-state index is 0.0704. The second-order valence-corrected chi connectivity index (χ2v) is 10.8. The summed E-state index contributed by atoms with van der Waals surface area (Å²) in [5, 5.41) is 29.9. The molecule has 0 aliphatic heterocycles. The molecule has 1 heterocycles. The van der Waals surface area contributed by atoms with Gasteiger partial charge >= 0.3 is 5.97 Å². The topological polar surface area (TPSA) is 77.8 Å². The Morgan fingerprint density at radius 2 is 2.16 bits per heavy atom. The van der Waals surface area contributed by atoms with Gasteiger partial charge in [-0.1, -0.05) is 37.5 Å². The summed E-state index contributed by atoms with van der Waals surface area (Å²) < 4.78 is 1.12. The third kappa shape index (κ3) is 8.19. The SMILES string of the molecule is [B]C[C@@H]1CC(O)[C@H](C/C=C\CCCC(=O)O)[C@H]1/C=C/[C@@H](O)CC(C)c1cc(Br)c(C)s1. The van der Waals surface area contributed by atoms with E-state index in [1.807, 2.05) is 18.2 Å². The van der Waals surface area contributed by atoms with E-state index in [0.29, 0.717) is 25.6 Å². The Labute approximate surface area is 200 Å². The van der Waals surface area contributed by atoms with Crippen LogP contribution in [0.15, 0.2) is 34.8 Å². The molecule has 7 heteroatoms. The van der Waals surface area contributed by atoms with Crippen molar-refractivity contribution in [1.82, 2.24) is 0 Å². The fourth-order valence-corrected chi connectivity index (χ4v) is 6.02. The first-order valence-electron chi connectivity index (χ1n) is 11.1. The smallest absolute Gasteiger partial charge is 0.303 e. The van der Waals surface area contributed by atoms with Gasteiger partial charge in [0.25, 0.3) is 0 Å². The molecule has 1 aliphatic rings. The van der Waals surface area contributed by atoms with E-state index in [-0.39, 0.29) is 30.1 Å². The summed E-state index contributed by atoms with van der Waals surface area (Å²) in [7, 11) is 5.97. The van der Waals surface area contributed by atoms with Crippen LogP contribution in [0.4, 0.5) is 0 Å². The van der Waals surface area contributed by atoms with Gasteiger partial charge in [0.2, 0.25) is 0 Å². The van der Waals surface area contributed by atoms with Gasteiger partial charge < -0.3 is 15.3 Å². The summed E-state index contributed by atoms with van der Waals surface area (Å²) in [5.41, 5.74) is 0. The minimum atomic E-state index is -0.773. The van der Waals surface area contributed by atoms with Gasteiger partial charge in [0.05, 0.1) is 20.1 Å².